The monoisotopic (exact) mass is 266 g/mol. The van der Waals surface area contributed by atoms with Gasteiger partial charge in [0.25, 0.3) is 0 Å². The van der Waals surface area contributed by atoms with Gasteiger partial charge in [0.05, 0.1) is 4.47 Å². The molecule has 0 radical (unpaired) electrons. The summed E-state index contributed by atoms with van der Waals surface area (Å²) >= 11 is 3.13. The summed E-state index contributed by atoms with van der Waals surface area (Å²) in [5, 5.41) is 9.13. The van der Waals surface area contributed by atoms with Crippen molar-refractivity contribution in [3.8, 4) is 16.9 Å². The summed E-state index contributed by atoms with van der Waals surface area (Å²) in [6.45, 7) is 0. The second kappa shape index (κ2) is 4.03. The minimum atomic E-state index is -0.280. The second-order valence-electron chi connectivity index (χ2n) is 3.18. The summed E-state index contributed by atoms with van der Waals surface area (Å²) in [5.74, 6) is -0.0579. The van der Waals surface area contributed by atoms with Gasteiger partial charge in [-0.2, -0.15) is 0 Å². The zero-order chi connectivity index (χ0) is 10.8. The fourth-order valence-electron chi connectivity index (χ4n) is 1.33. The zero-order valence-corrected chi connectivity index (χ0v) is 9.33. The predicted molar refractivity (Wildman–Crippen MR) is 61.2 cm³/mol. The van der Waals surface area contributed by atoms with Crippen molar-refractivity contribution < 1.29 is 9.50 Å². The summed E-state index contributed by atoms with van der Waals surface area (Å²) in [6, 6.07) is 11.6. The van der Waals surface area contributed by atoms with Gasteiger partial charge in [0, 0.05) is 0 Å². The minimum Gasteiger partial charge on any atom is -0.508 e. The maximum atomic E-state index is 13.0. The van der Waals surface area contributed by atoms with Crippen LogP contribution in [-0.2, 0) is 0 Å². The van der Waals surface area contributed by atoms with Gasteiger partial charge in [-0.05, 0) is 51.3 Å². The molecule has 0 atom stereocenters. The van der Waals surface area contributed by atoms with E-state index in [4.69, 9.17) is 5.11 Å². The molecular formula is C12H8BrFO. The van der Waals surface area contributed by atoms with E-state index >= 15 is 0 Å². The van der Waals surface area contributed by atoms with Crippen LogP contribution >= 0.6 is 15.9 Å². The molecule has 0 unspecified atom stereocenters. The maximum Gasteiger partial charge on any atom is 0.137 e. The predicted octanol–water partition coefficient (Wildman–Crippen LogP) is 3.96. The molecule has 1 N–H and O–H groups in total. The topological polar surface area (TPSA) is 20.2 Å². The first-order valence-corrected chi connectivity index (χ1v) is 5.20. The molecule has 0 aliphatic carbocycles. The Labute approximate surface area is 95.3 Å². The Kier molecular flexibility index (Phi) is 2.73. The van der Waals surface area contributed by atoms with Crippen molar-refractivity contribution in [2.75, 3.05) is 0 Å². The normalized spacial score (nSPS) is 10.3. The van der Waals surface area contributed by atoms with Crippen LogP contribution in [0.4, 0.5) is 4.39 Å². The number of phenols is 1. The third-order valence-corrected chi connectivity index (χ3v) is 2.73. The van der Waals surface area contributed by atoms with Crippen LogP contribution in [-0.4, -0.2) is 5.11 Å². The fraction of sp³-hybridized carbons (Fsp3) is 0. The Bertz CT molecular complexity index is 479. The Hall–Kier alpha value is -1.35. The highest BCUT2D eigenvalue weighted by Crippen LogP contribution is 2.26. The molecule has 2 aromatic carbocycles. The van der Waals surface area contributed by atoms with E-state index in [0.29, 0.717) is 4.47 Å². The number of aromatic hydroxyl groups is 1. The lowest BCUT2D eigenvalue weighted by Gasteiger charge is -2.03. The lowest BCUT2D eigenvalue weighted by molar-refractivity contribution is 0.475. The van der Waals surface area contributed by atoms with Gasteiger partial charge < -0.3 is 5.11 Å². The number of rotatable bonds is 1. The van der Waals surface area contributed by atoms with Crippen LogP contribution in [0.3, 0.4) is 0 Å². The van der Waals surface area contributed by atoms with Crippen LogP contribution in [0.15, 0.2) is 46.9 Å². The van der Waals surface area contributed by atoms with Gasteiger partial charge in [-0.1, -0.05) is 18.2 Å². The minimum absolute atomic E-state index is 0.222. The third-order valence-electron chi connectivity index (χ3n) is 2.12. The highest BCUT2D eigenvalue weighted by atomic mass is 79.9. The molecule has 0 aliphatic heterocycles. The molecule has 0 heterocycles. The van der Waals surface area contributed by atoms with Gasteiger partial charge in [0.1, 0.15) is 11.6 Å². The maximum absolute atomic E-state index is 13.0. The van der Waals surface area contributed by atoms with E-state index in [2.05, 4.69) is 15.9 Å². The molecule has 1 nitrogen and oxygen atoms in total. The molecular weight excluding hydrogens is 259 g/mol. The molecule has 15 heavy (non-hydrogen) atoms. The van der Waals surface area contributed by atoms with Crippen molar-refractivity contribution in [2.24, 2.45) is 0 Å². The molecule has 0 saturated heterocycles. The average molecular weight is 267 g/mol. The number of benzene rings is 2. The SMILES string of the molecule is Oc1ccc(-c2ccc(F)c(Br)c2)cc1. The molecule has 0 aromatic heterocycles. The van der Waals surface area contributed by atoms with Crippen molar-refractivity contribution in [1.82, 2.24) is 0 Å². The van der Waals surface area contributed by atoms with Gasteiger partial charge in [0.2, 0.25) is 0 Å². The van der Waals surface area contributed by atoms with Crippen molar-refractivity contribution in [1.29, 1.82) is 0 Å². The van der Waals surface area contributed by atoms with E-state index in [1.54, 1.807) is 36.4 Å². The fourth-order valence-corrected chi connectivity index (χ4v) is 1.71. The lowest BCUT2D eigenvalue weighted by Crippen LogP contribution is -1.80. The van der Waals surface area contributed by atoms with Crippen LogP contribution in [0, 0.1) is 5.82 Å². The summed E-state index contributed by atoms with van der Waals surface area (Å²) in [7, 11) is 0. The van der Waals surface area contributed by atoms with E-state index in [9.17, 15) is 4.39 Å². The van der Waals surface area contributed by atoms with Crippen LogP contribution in [0.1, 0.15) is 0 Å². The Morgan fingerprint density at radius 2 is 1.53 bits per heavy atom. The molecule has 0 amide bonds. The average Bonchev–Trinajstić information content (AvgIpc) is 2.23. The van der Waals surface area contributed by atoms with Crippen molar-refractivity contribution in [2.45, 2.75) is 0 Å². The Balaban J connectivity index is 2.45. The Morgan fingerprint density at radius 1 is 0.933 bits per heavy atom. The second-order valence-corrected chi connectivity index (χ2v) is 4.03. The quantitative estimate of drug-likeness (QED) is 0.829. The number of phenolic OH excluding ortho intramolecular Hbond substituents is 1. The van der Waals surface area contributed by atoms with E-state index in [1.807, 2.05) is 0 Å². The molecule has 2 aromatic rings. The number of hydrogen-bond donors (Lipinski definition) is 1. The van der Waals surface area contributed by atoms with Crippen molar-refractivity contribution in [3.63, 3.8) is 0 Å². The van der Waals surface area contributed by atoms with Gasteiger partial charge in [0.15, 0.2) is 0 Å². The van der Waals surface area contributed by atoms with Gasteiger partial charge in [-0.25, -0.2) is 4.39 Å². The first-order chi connectivity index (χ1) is 7.16. The molecule has 0 aliphatic rings. The summed E-state index contributed by atoms with van der Waals surface area (Å²) in [5.41, 5.74) is 1.84. The van der Waals surface area contributed by atoms with E-state index < -0.39 is 0 Å². The molecule has 3 heteroatoms. The van der Waals surface area contributed by atoms with E-state index in [-0.39, 0.29) is 11.6 Å². The molecule has 2 rings (SSSR count). The number of hydrogen-bond acceptors (Lipinski definition) is 1. The molecule has 0 fully saturated rings. The van der Waals surface area contributed by atoms with Crippen LogP contribution < -0.4 is 0 Å². The highest BCUT2D eigenvalue weighted by Gasteiger charge is 2.02. The number of halogens is 2. The molecule has 0 spiro atoms. The largest absolute Gasteiger partial charge is 0.508 e. The summed E-state index contributed by atoms with van der Waals surface area (Å²) in [6.07, 6.45) is 0. The van der Waals surface area contributed by atoms with Crippen LogP contribution in [0.25, 0.3) is 11.1 Å². The van der Waals surface area contributed by atoms with Gasteiger partial charge >= 0.3 is 0 Å². The smallest absolute Gasteiger partial charge is 0.137 e. The summed E-state index contributed by atoms with van der Waals surface area (Å²) < 4.78 is 13.4. The lowest BCUT2D eigenvalue weighted by atomic mass is 10.1. The third kappa shape index (κ3) is 2.18. The van der Waals surface area contributed by atoms with E-state index in [1.165, 1.54) is 6.07 Å². The first-order valence-electron chi connectivity index (χ1n) is 4.41. The zero-order valence-electron chi connectivity index (χ0n) is 7.74. The van der Waals surface area contributed by atoms with E-state index in [0.717, 1.165) is 11.1 Å². The van der Waals surface area contributed by atoms with Crippen molar-refractivity contribution >= 4 is 15.9 Å². The molecule has 76 valence electrons. The highest BCUT2D eigenvalue weighted by molar-refractivity contribution is 9.10. The van der Waals surface area contributed by atoms with Crippen molar-refractivity contribution in [3.05, 3.63) is 52.8 Å². The van der Waals surface area contributed by atoms with Crippen LogP contribution in [0.2, 0.25) is 0 Å². The van der Waals surface area contributed by atoms with Gasteiger partial charge in [-0.15, -0.1) is 0 Å². The Morgan fingerprint density at radius 3 is 2.13 bits per heavy atom. The summed E-state index contributed by atoms with van der Waals surface area (Å²) in [4.78, 5) is 0. The first kappa shape index (κ1) is 10.2. The molecule has 0 bridgehead atoms. The molecule has 0 saturated carbocycles. The standard InChI is InChI=1S/C12H8BrFO/c13-11-7-9(3-6-12(11)14)8-1-4-10(15)5-2-8/h1-7,15H. The van der Waals surface area contributed by atoms with Gasteiger partial charge in [-0.3, -0.25) is 0 Å². The van der Waals surface area contributed by atoms with Crippen LogP contribution in [0.5, 0.6) is 5.75 Å².